The molecule has 0 aliphatic heterocycles. The Morgan fingerprint density at radius 2 is 1.69 bits per heavy atom. The number of amides is 1. The molecule has 190 valence electrons. The zero-order valence-electron chi connectivity index (χ0n) is 20.9. The largest absolute Gasteiger partial charge is 0.756 e. The van der Waals surface area contributed by atoms with E-state index in [1.54, 1.807) is 6.08 Å². The number of phosphoric ester groups is 1. The first kappa shape index (κ1) is 31.2. The molecule has 0 rings (SSSR count). The normalized spacial score (nSPS) is 16.1. The van der Waals surface area contributed by atoms with Crippen LogP contribution in [0.4, 0.5) is 0 Å². The molecular formula is C23H47N2O6P. The monoisotopic (exact) mass is 478 g/mol. The van der Waals surface area contributed by atoms with Gasteiger partial charge in [0, 0.05) is 6.42 Å². The summed E-state index contributed by atoms with van der Waals surface area (Å²) in [5, 5.41) is 13.2. The molecule has 0 bridgehead atoms. The van der Waals surface area contributed by atoms with Crippen LogP contribution in [-0.4, -0.2) is 68.5 Å². The van der Waals surface area contributed by atoms with E-state index in [2.05, 4.69) is 19.2 Å². The van der Waals surface area contributed by atoms with Gasteiger partial charge in [-0.2, -0.15) is 0 Å². The fraction of sp³-hybridized carbons (Fsp3) is 0.870. The van der Waals surface area contributed by atoms with Crippen LogP contribution in [0.2, 0.25) is 0 Å². The van der Waals surface area contributed by atoms with Gasteiger partial charge in [0.05, 0.1) is 39.9 Å². The molecule has 0 aromatic heterocycles. The van der Waals surface area contributed by atoms with E-state index in [9.17, 15) is 19.4 Å². The van der Waals surface area contributed by atoms with Crippen molar-refractivity contribution in [1.82, 2.24) is 5.32 Å². The Kier molecular flexibility index (Phi) is 17.3. The summed E-state index contributed by atoms with van der Waals surface area (Å²) in [4.78, 5) is 24.4. The molecule has 0 spiro atoms. The third-order valence-corrected chi connectivity index (χ3v) is 5.96. The van der Waals surface area contributed by atoms with Gasteiger partial charge >= 0.3 is 0 Å². The summed E-state index contributed by atoms with van der Waals surface area (Å²) >= 11 is 0. The van der Waals surface area contributed by atoms with Crippen LogP contribution in [-0.2, 0) is 18.4 Å². The predicted octanol–water partition coefficient (Wildman–Crippen LogP) is 3.54. The van der Waals surface area contributed by atoms with Gasteiger partial charge in [0.25, 0.3) is 7.82 Å². The summed E-state index contributed by atoms with van der Waals surface area (Å²) in [5.74, 6) is -0.222. The summed E-state index contributed by atoms with van der Waals surface area (Å²) in [6.45, 7) is 4.37. The number of nitrogens with one attached hydrogen (secondary N) is 1. The molecule has 0 radical (unpaired) electrons. The Bertz CT molecular complexity index is 565. The number of aliphatic hydroxyl groups excluding tert-OH is 1. The summed E-state index contributed by atoms with van der Waals surface area (Å²) in [7, 11) is 1.25. The Morgan fingerprint density at radius 1 is 1.06 bits per heavy atom. The van der Waals surface area contributed by atoms with Gasteiger partial charge in [-0.25, -0.2) is 0 Å². The molecule has 32 heavy (non-hydrogen) atoms. The van der Waals surface area contributed by atoms with Crippen molar-refractivity contribution in [2.75, 3.05) is 40.9 Å². The second-order valence-electron chi connectivity index (χ2n) is 9.34. The number of unbranched alkanes of at least 4 members (excludes halogenated alkanes) is 7. The standard InChI is InChI=1S/C23H47N2O6P/c1-6-8-10-12-14-16-22(26)21(24-23(27)17-15-13-11-9-7-2)20-31-32(28,29)30-19-18-25(3,4)5/h14,16,21-22,26H,6-13,15,17-20H2,1-5H3,(H-,24,27,28,29)/b16-14+. The summed E-state index contributed by atoms with van der Waals surface area (Å²) in [6.07, 6.45) is 11.9. The van der Waals surface area contributed by atoms with Gasteiger partial charge in [0.1, 0.15) is 13.2 Å². The molecule has 0 aliphatic rings. The molecular weight excluding hydrogens is 431 g/mol. The lowest BCUT2D eigenvalue weighted by Crippen LogP contribution is -2.45. The Labute approximate surface area is 195 Å². The minimum Gasteiger partial charge on any atom is -0.756 e. The minimum absolute atomic E-state index is 0.00104. The second-order valence-corrected chi connectivity index (χ2v) is 10.8. The summed E-state index contributed by atoms with van der Waals surface area (Å²) in [6, 6.07) is -0.871. The fourth-order valence-corrected chi connectivity index (χ4v) is 3.63. The fourth-order valence-electron chi connectivity index (χ4n) is 2.91. The van der Waals surface area contributed by atoms with Crippen molar-refractivity contribution in [2.45, 2.75) is 90.2 Å². The van der Waals surface area contributed by atoms with Gasteiger partial charge < -0.3 is 28.8 Å². The number of carbonyl (C=O) groups excluding carboxylic acids is 1. The van der Waals surface area contributed by atoms with Crippen LogP contribution in [0.5, 0.6) is 0 Å². The minimum atomic E-state index is -4.54. The molecule has 0 saturated carbocycles. The smallest absolute Gasteiger partial charge is 0.268 e. The van der Waals surface area contributed by atoms with Crippen molar-refractivity contribution in [3.05, 3.63) is 12.2 Å². The Morgan fingerprint density at radius 3 is 2.31 bits per heavy atom. The molecule has 0 heterocycles. The van der Waals surface area contributed by atoms with Crippen molar-refractivity contribution in [1.29, 1.82) is 0 Å². The van der Waals surface area contributed by atoms with Gasteiger partial charge in [-0.3, -0.25) is 9.36 Å². The average molecular weight is 479 g/mol. The molecule has 0 aliphatic carbocycles. The highest BCUT2D eigenvalue weighted by Gasteiger charge is 2.23. The van der Waals surface area contributed by atoms with E-state index in [-0.39, 0.29) is 19.1 Å². The third kappa shape index (κ3) is 18.8. The number of aliphatic hydroxyl groups is 1. The van der Waals surface area contributed by atoms with Crippen LogP contribution >= 0.6 is 7.82 Å². The van der Waals surface area contributed by atoms with Crippen LogP contribution in [0.1, 0.15) is 78.1 Å². The predicted molar refractivity (Wildman–Crippen MR) is 127 cm³/mol. The maximum Gasteiger partial charge on any atom is 0.268 e. The van der Waals surface area contributed by atoms with Crippen molar-refractivity contribution in [2.24, 2.45) is 0 Å². The summed E-state index contributed by atoms with van der Waals surface area (Å²) < 4.78 is 22.6. The van der Waals surface area contributed by atoms with E-state index in [1.807, 2.05) is 27.2 Å². The number of likely N-dealkylation sites (N-methyl/N-ethyl adjacent to an activating group) is 1. The first-order valence-corrected chi connectivity index (χ1v) is 13.5. The topological polar surface area (TPSA) is 108 Å². The molecule has 3 atom stereocenters. The quantitative estimate of drug-likeness (QED) is 0.120. The highest BCUT2D eigenvalue weighted by molar-refractivity contribution is 7.45. The van der Waals surface area contributed by atoms with Crippen molar-refractivity contribution in [3.63, 3.8) is 0 Å². The van der Waals surface area contributed by atoms with Crippen LogP contribution in [0.15, 0.2) is 12.2 Å². The molecule has 8 nitrogen and oxygen atoms in total. The molecule has 0 saturated heterocycles. The number of hydrogen-bond donors (Lipinski definition) is 2. The third-order valence-electron chi connectivity index (χ3n) is 5.00. The molecule has 9 heteroatoms. The molecule has 3 unspecified atom stereocenters. The number of hydrogen-bond acceptors (Lipinski definition) is 6. The molecule has 0 aromatic rings. The van der Waals surface area contributed by atoms with Crippen LogP contribution in [0, 0.1) is 0 Å². The molecule has 0 aromatic carbocycles. The number of allylic oxidation sites excluding steroid dienone is 1. The maximum absolute atomic E-state index is 12.3. The van der Waals surface area contributed by atoms with Gasteiger partial charge in [0.15, 0.2) is 0 Å². The first-order chi connectivity index (χ1) is 15.0. The van der Waals surface area contributed by atoms with Gasteiger partial charge in [-0.15, -0.1) is 0 Å². The average Bonchev–Trinajstić information content (AvgIpc) is 2.69. The number of carbonyl (C=O) groups is 1. The van der Waals surface area contributed by atoms with Crippen molar-refractivity contribution < 1.29 is 32.9 Å². The van der Waals surface area contributed by atoms with E-state index in [1.165, 1.54) is 0 Å². The number of phosphoric acid groups is 1. The maximum atomic E-state index is 12.3. The lowest BCUT2D eigenvalue weighted by molar-refractivity contribution is -0.870. The highest BCUT2D eigenvalue weighted by atomic mass is 31.2. The van der Waals surface area contributed by atoms with Crippen molar-refractivity contribution >= 4 is 13.7 Å². The van der Waals surface area contributed by atoms with Crippen LogP contribution < -0.4 is 10.2 Å². The zero-order chi connectivity index (χ0) is 24.5. The van der Waals surface area contributed by atoms with E-state index in [0.29, 0.717) is 17.4 Å². The lowest BCUT2D eigenvalue weighted by Gasteiger charge is -2.29. The molecule has 2 N–H and O–H groups in total. The van der Waals surface area contributed by atoms with E-state index in [4.69, 9.17) is 9.05 Å². The Balaban J connectivity index is 4.78. The summed E-state index contributed by atoms with van der Waals surface area (Å²) in [5.41, 5.74) is 0. The van der Waals surface area contributed by atoms with Gasteiger partial charge in [-0.1, -0.05) is 64.5 Å². The van der Waals surface area contributed by atoms with E-state index >= 15 is 0 Å². The second kappa shape index (κ2) is 17.7. The highest BCUT2D eigenvalue weighted by Crippen LogP contribution is 2.38. The van der Waals surface area contributed by atoms with Gasteiger partial charge in [0.2, 0.25) is 5.91 Å². The number of rotatable bonds is 20. The zero-order valence-corrected chi connectivity index (χ0v) is 21.8. The van der Waals surface area contributed by atoms with Crippen LogP contribution in [0.3, 0.4) is 0 Å². The molecule has 1 amide bonds. The van der Waals surface area contributed by atoms with Crippen LogP contribution in [0.25, 0.3) is 0 Å². The first-order valence-electron chi connectivity index (χ1n) is 12.1. The lowest BCUT2D eigenvalue weighted by atomic mass is 10.1. The van der Waals surface area contributed by atoms with E-state index in [0.717, 1.165) is 57.8 Å². The SMILES string of the molecule is CCCCC/C=C/C(O)C(COP(=O)([O-])OCC[N+](C)(C)C)NC(=O)CCCCCCC. The molecule has 0 fully saturated rings. The van der Waals surface area contributed by atoms with Gasteiger partial charge in [-0.05, 0) is 19.3 Å². The Hall–Kier alpha value is -0.760. The van der Waals surface area contributed by atoms with E-state index < -0.39 is 20.0 Å². The van der Waals surface area contributed by atoms with Crippen molar-refractivity contribution in [3.8, 4) is 0 Å². The number of quaternary nitrogens is 1. The number of nitrogens with zero attached hydrogens (tertiary/aromatic N) is 1.